The first kappa shape index (κ1) is 12.8. The smallest absolute Gasteiger partial charge is 0.224 e. The van der Waals surface area contributed by atoms with Gasteiger partial charge in [0.2, 0.25) is 5.91 Å². The Hall–Kier alpha value is -2.60. The van der Waals surface area contributed by atoms with Crippen molar-refractivity contribution in [2.45, 2.75) is 12.8 Å². The van der Waals surface area contributed by atoms with Gasteiger partial charge in [0, 0.05) is 30.1 Å². The summed E-state index contributed by atoms with van der Waals surface area (Å²) in [4.78, 5) is 15.8. The van der Waals surface area contributed by atoms with E-state index in [1.165, 1.54) is 0 Å². The number of carbonyl (C=O) groups is 1. The Morgan fingerprint density at radius 2 is 2.21 bits per heavy atom. The zero-order valence-electron chi connectivity index (χ0n) is 10.5. The summed E-state index contributed by atoms with van der Waals surface area (Å²) in [5.74, 6) is 2.51. The van der Waals surface area contributed by atoms with Crippen LogP contribution in [0.5, 0.6) is 0 Å². The lowest BCUT2D eigenvalue weighted by atomic mass is 10.1. The van der Waals surface area contributed by atoms with E-state index in [2.05, 4.69) is 16.2 Å². The monoisotopic (exact) mass is 250 g/mol. The molecule has 94 valence electrons. The molecule has 0 saturated heterocycles. The standard InChI is InChI=1S/C16H14N2O/c1-2-13-5-3-7-15(11-13)18-16(19)9-8-14-6-4-10-17-12-14/h1,3-7,10-12H,8-9H2,(H,18,19). The summed E-state index contributed by atoms with van der Waals surface area (Å²) in [7, 11) is 0. The molecule has 2 rings (SSSR count). The second-order valence-corrected chi connectivity index (χ2v) is 4.13. The van der Waals surface area contributed by atoms with E-state index in [9.17, 15) is 4.79 Å². The lowest BCUT2D eigenvalue weighted by Crippen LogP contribution is -2.12. The van der Waals surface area contributed by atoms with Gasteiger partial charge in [-0.15, -0.1) is 6.42 Å². The molecular weight excluding hydrogens is 236 g/mol. The van der Waals surface area contributed by atoms with Crippen LogP contribution in [-0.4, -0.2) is 10.9 Å². The quantitative estimate of drug-likeness (QED) is 0.847. The molecule has 2 aromatic rings. The Morgan fingerprint density at radius 3 is 2.95 bits per heavy atom. The summed E-state index contributed by atoms with van der Waals surface area (Å²) in [5.41, 5.74) is 2.53. The number of rotatable bonds is 4. The molecule has 0 unspecified atom stereocenters. The third kappa shape index (κ3) is 3.97. The zero-order chi connectivity index (χ0) is 13.5. The van der Waals surface area contributed by atoms with Gasteiger partial charge in [0.1, 0.15) is 0 Å². The van der Waals surface area contributed by atoms with Crippen LogP contribution in [0, 0.1) is 12.3 Å². The van der Waals surface area contributed by atoms with E-state index in [4.69, 9.17) is 6.42 Å². The molecular formula is C16H14N2O. The number of nitrogens with zero attached hydrogens (tertiary/aromatic N) is 1. The van der Waals surface area contributed by atoms with Gasteiger partial charge in [-0.05, 0) is 36.2 Å². The number of hydrogen-bond acceptors (Lipinski definition) is 2. The summed E-state index contributed by atoms with van der Waals surface area (Å²) >= 11 is 0. The SMILES string of the molecule is C#Cc1cccc(NC(=O)CCc2cccnc2)c1. The molecule has 0 fully saturated rings. The van der Waals surface area contributed by atoms with Crippen LogP contribution in [0.2, 0.25) is 0 Å². The topological polar surface area (TPSA) is 42.0 Å². The molecule has 0 bridgehead atoms. The van der Waals surface area contributed by atoms with Gasteiger partial charge in [-0.1, -0.05) is 18.1 Å². The summed E-state index contributed by atoms with van der Waals surface area (Å²) in [6, 6.07) is 11.1. The fourth-order valence-electron chi connectivity index (χ4n) is 1.71. The highest BCUT2D eigenvalue weighted by molar-refractivity contribution is 5.91. The number of terminal acetylenes is 1. The highest BCUT2D eigenvalue weighted by Gasteiger charge is 2.03. The molecule has 0 saturated carbocycles. The van der Waals surface area contributed by atoms with Gasteiger partial charge in [0.15, 0.2) is 0 Å². The molecule has 0 aliphatic carbocycles. The Balaban J connectivity index is 1.89. The van der Waals surface area contributed by atoms with Gasteiger partial charge in [-0.25, -0.2) is 0 Å². The van der Waals surface area contributed by atoms with Gasteiger partial charge in [-0.2, -0.15) is 0 Å². The summed E-state index contributed by atoms with van der Waals surface area (Å²) in [6.07, 6.45) is 9.90. The molecule has 0 radical (unpaired) electrons. The predicted molar refractivity (Wildman–Crippen MR) is 75.6 cm³/mol. The van der Waals surface area contributed by atoms with Crippen molar-refractivity contribution in [3.63, 3.8) is 0 Å². The minimum atomic E-state index is -0.0296. The molecule has 3 nitrogen and oxygen atoms in total. The minimum absolute atomic E-state index is 0.0296. The molecule has 1 amide bonds. The largest absolute Gasteiger partial charge is 0.326 e. The maximum Gasteiger partial charge on any atom is 0.224 e. The normalized spacial score (nSPS) is 9.63. The first-order valence-corrected chi connectivity index (χ1v) is 6.03. The van der Waals surface area contributed by atoms with Crippen molar-refractivity contribution in [2.24, 2.45) is 0 Å². The summed E-state index contributed by atoms with van der Waals surface area (Å²) < 4.78 is 0. The minimum Gasteiger partial charge on any atom is -0.326 e. The number of pyridine rings is 1. The van der Waals surface area contributed by atoms with Crippen LogP contribution in [0.4, 0.5) is 5.69 Å². The molecule has 0 spiro atoms. The molecule has 0 aliphatic heterocycles. The van der Waals surface area contributed by atoms with E-state index in [0.29, 0.717) is 12.8 Å². The van der Waals surface area contributed by atoms with E-state index in [1.54, 1.807) is 18.5 Å². The third-order valence-electron chi connectivity index (χ3n) is 2.68. The lowest BCUT2D eigenvalue weighted by Gasteiger charge is -2.05. The average molecular weight is 250 g/mol. The first-order chi connectivity index (χ1) is 9.28. The molecule has 19 heavy (non-hydrogen) atoms. The number of amides is 1. The maximum atomic E-state index is 11.8. The third-order valence-corrected chi connectivity index (χ3v) is 2.68. The Morgan fingerprint density at radius 1 is 1.32 bits per heavy atom. The molecule has 1 N–H and O–H groups in total. The molecule has 1 aromatic carbocycles. The number of anilines is 1. The van der Waals surface area contributed by atoms with Gasteiger partial charge in [0.25, 0.3) is 0 Å². The van der Waals surface area contributed by atoms with Crippen LogP contribution in [0.15, 0.2) is 48.8 Å². The average Bonchev–Trinajstić information content (AvgIpc) is 2.46. The van der Waals surface area contributed by atoms with E-state index in [1.807, 2.05) is 30.3 Å². The van der Waals surface area contributed by atoms with Crippen molar-refractivity contribution in [2.75, 3.05) is 5.32 Å². The number of benzene rings is 1. The zero-order valence-corrected chi connectivity index (χ0v) is 10.5. The van der Waals surface area contributed by atoms with Gasteiger partial charge in [-0.3, -0.25) is 9.78 Å². The lowest BCUT2D eigenvalue weighted by molar-refractivity contribution is -0.116. The number of aryl methyl sites for hydroxylation is 1. The molecule has 1 heterocycles. The highest BCUT2D eigenvalue weighted by atomic mass is 16.1. The fraction of sp³-hybridized carbons (Fsp3) is 0.125. The number of carbonyl (C=O) groups excluding carboxylic acids is 1. The molecule has 3 heteroatoms. The fourth-order valence-corrected chi connectivity index (χ4v) is 1.71. The first-order valence-electron chi connectivity index (χ1n) is 6.03. The van der Waals surface area contributed by atoms with Crippen LogP contribution in [0.3, 0.4) is 0 Å². The molecule has 1 aromatic heterocycles. The van der Waals surface area contributed by atoms with Crippen molar-refractivity contribution in [3.8, 4) is 12.3 Å². The Kier molecular flexibility index (Phi) is 4.30. The second-order valence-electron chi connectivity index (χ2n) is 4.13. The van der Waals surface area contributed by atoms with Gasteiger partial charge >= 0.3 is 0 Å². The predicted octanol–water partition coefficient (Wildman–Crippen LogP) is 2.63. The van der Waals surface area contributed by atoms with Crippen molar-refractivity contribution in [3.05, 3.63) is 59.9 Å². The van der Waals surface area contributed by atoms with Crippen molar-refractivity contribution in [1.29, 1.82) is 0 Å². The molecule has 0 atom stereocenters. The summed E-state index contributed by atoms with van der Waals surface area (Å²) in [5, 5.41) is 2.83. The van der Waals surface area contributed by atoms with Gasteiger partial charge < -0.3 is 5.32 Å². The van der Waals surface area contributed by atoms with E-state index < -0.39 is 0 Å². The van der Waals surface area contributed by atoms with Crippen molar-refractivity contribution >= 4 is 11.6 Å². The van der Waals surface area contributed by atoms with Crippen LogP contribution in [-0.2, 0) is 11.2 Å². The Bertz CT molecular complexity index is 600. The van der Waals surface area contributed by atoms with Crippen molar-refractivity contribution < 1.29 is 4.79 Å². The number of nitrogens with one attached hydrogen (secondary N) is 1. The van der Waals surface area contributed by atoms with Gasteiger partial charge in [0.05, 0.1) is 0 Å². The van der Waals surface area contributed by atoms with Crippen LogP contribution >= 0.6 is 0 Å². The van der Waals surface area contributed by atoms with Crippen molar-refractivity contribution in [1.82, 2.24) is 4.98 Å². The maximum absolute atomic E-state index is 11.8. The van der Waals surface area contributed by atoms with Crippen LogP contribution < -0.4 is 5.32 Å². The van der Waals surface area contributed by atoms with E-state index in [0.717, 1.165) is 16.8 Å². The highest BCUT2D eigenvalue weighted by Crippen LogP contribution is 2.10. The van der Waals surface area contributed by atoms with Crippen LogP contribution in [0.1, 0.15) is 17.5 Å². The number of aromatic nitrogens is 1. The second kappa shape index (κ2) is 6.36. The summed E-state index contributed by atoms with van der Waals surface area (Å²) in [6.45, 7) is 0. The number of hydrogen-bond donors (Lipinski definition) is 1. The van der Waals surface area contributed by atoms with E-state index in [-0.39, 0.29) is 5.91 Å². The van der Waals surface area contributed by atoms with E-state index >= 15 is 0 Å². The Labute approximate surface area is 112 Å². The van der Waals surface area contributed by atoms with Crippen LogP contribution in [0.25, 0.3) is 0 Å². The molecule has 0 aliphatic rings.